The van der Waals surface area contributed by atoms with Gasteiger partial charge < -0.3 is 15.3 Å². The fraction of sp³-hybridized carbons (Fsp3) is 0.917. The minimum absolute atomic E-state index is 0.0473. The molecule has 0 aromatic carbocycles. The van der Waals surface area contributed by atoms with Crippen molar-refractivity contribution >= 4 is 5.91 Å². The van der Waals surface area contributed by atoms with Gasteiger partial charge in [-0.25, -0.2) is 0 Å². The van der Waals surface area contributed by atoms with Gasteiger partial charge in [-0.1, -0.05) is 13.8 Å². The Kier molecular flexibility index (Phi) is 5.77. The Hall–Kier alpha value is -0.610. The fourth-order valence-electron chi connectivity index (χ4n) is 1.97. The molecule has 1 fully saturated rings. The number of hydrogen-bond acceptors (Lipinski definition) is 3. The first kappa shape index (κ1) is 13.5. The first-order valence-electron chi connectivity index (χ1n) is 6.36. The molecule has 1 aliphatic rings. The number of rotatable bonds is 8. The van der Waals surface area contributed by atoms with Crippen LogP contribution in [0, 0.1) is 0 Å². The Morgan fingerprint density at radius 1 is 1.44 bits per heavy atom. The van der Waals surface area contributed by atoms with Crippen molar-refractivity contribution in [2.24, 2.45) is 0 Å². The molecule has 0 heterocycles. The minimum Gasteiger partial charge on any atom is -0.395 e. The molecule has 1 rings (SSSR count). The maximum absolute atomic E-state index is 12.0. The van der Waals surface area contributed by atoms with Crippen LogP contribution in [-0.4, -0.2) is 47.7 Å². The lowest BCUT2D eigenvalue weighted by Crippen LogP contribution is -2.46. The maximum atomic E-state index is 12.0. The first-order chi connectivity index (χ1) is 7.72. The standard InChI is InChI=1S/C12H24N2O2/c1-3-11(4-2)14(7-8-15)12(16)9-13-10-5-6-10/h10-11,13,15H,3-9H2,1-2H3. The maximum Gasteiger partial charge on any atom is 0.236 e. The van der Waals surface area contributed by atoms with Crippen LogP contribution in [0.4, 0.5) is 0 Å². The molecule has 0 spiro atoms. The molecule has 1 saturated carbocycles. The highest BCUT2D eigenvalue weighted by Crippen LogP contribution is 2.18. The van der Waals surface area contributed by atoms with Gasteiger partial charge in [0.1, 0.15) is 0 Å². The van der Waals surface area contributed by atoms with Gasteiger partial charge in [-0.05, 0) is 25.7 Å². The smallest absolute Gasteiger partial charge is 0.236 e. The largest absolute Gasteiger partial charge is 0.395 e. The Balaban J connectivity index is 2.41. The summed E-state index contributed by atoms with van der Waals surface area (Å²) in [5.41, 5.74) is 0. The second kappa shape index (κ2) is 6.86. The highest BCUT2D eigenvalue weighted by molar-refractivity contribution is 5.78. The van der Waals surface area contributed by atoms with Crippen LogP contribution in [0.1, 0.15) is 39.5 Å². The number of nitrogens with one attached hydrogen (secondary N) is 1. The van der Waals surface area contributed by atoms with Crippen molar-refractivity contribution in [1.82, 2.24) is 10.2 Å². The van der Waals surface area contributed by atoms with Crippen molar-refractivity contribution < 1.29 is 9.90 Å². The lowest BCUT2D eigenvalue weighted by atomic mass is 10.1. The van der Waals surface area contributed by atoms with Crippen LogP contribution in [0.2, 0.25) is 0 Å². The number of amides is 1. The third kappa shape index (κ3) is 4.10. The van der Waals surface area contributed by atoms with E-state index in [2.05, 4.69) is 19.2 Å². The van der Waals surface area contributed by atoms with Crippen molar-refractivity contribution in [3.63, 3.8) is 0 Å². The normalized spacial score (nSPS) is 15.5. The molecule has 1 aliphatic carbocycles. The van der Waals surface area contributed by atoms with E-state index in [9.17, 15) is 4.79 Å². The number of aliphatic hydroxyl groups excluding tert-OH is 1. The van der Waals surface area contributed by atoms with Crippen LogP contribution < -0.4 is 5.32 Å². The van der Waals surface area contributed by atoms with Crippen LogP contribution in [0.15, 0.2) is 0 Å². The van der Waals surface area contributed by atoms with Gasteiger partial charge in [0.15, 0.2) is 0 Å². The summed E-state index contributed by atoms with van der Waals surface area (Å²) in [6.07, 6.45) is 4.29. The van der Waals surface area contributed by atoms with E-state index in [1.807, 2.05) is 4.90 Å². The third-order valence-corrected chi connectivity index (χ3v) is 3.16. The van der Waals surface area contributed by atoms with Crippen molar-refractivity contribution in [2.45, 2.75) is 51.6 Å². The molecule has 16 heavy (non-hydrogen) atoms. The molecule has 0 bridgehead atoms. The SMILES string of the molecule is CCC(CC)N(CCO)C(=O)CNC1CC1. The van der Waals surface area contributed by atoms with E-state index in [0.717, 1.165) is 12.8 Å². The van der Waals surface area contributed by atoms with Crippen LogP contribution in [0.3, 0.4) is 0 Å². The summed E-state index contributed by atoms with van der Waals surface area (Å²) in [6, 6.07) is 0.822. The van der Waals surface area contributed by atoms with Crippen molar-refractivity contribution in [2.75, 3.05) is 19.7 Å². The molecule has 0 aromatic rings. The number of nitrogens with zero attached hydrogens (tertiary/aromatic N) is 1. The second-order valence-electron chi connectivity index (χ2n) is 4.44. The Morgan fingerprint density at radius 3 is 2.50 bits per heavy atom. The van der Waals surface area contributed by atoms with Crippen molar-refractivity contribution in [3.8, 4) is 0 Å². The number of aliphatic hydroxyl groups is 1. The molecule has 0 unspecified atom stereocenters. The van der Waals surface area contributed by atoms with E-state index in [1.54, 1.807) is 0 Å². The number of hydrogen-bond donors (Lipinski definition) is 2. The van der Waals surface area contributed by atoms with Gasteiger partial charge >= 0.3 is 0 Å². The molecule has 0 radical (unpaired) electrons. The lowest BCUT2D eigenvalue weighted by molar-refractivity contribution is -0.133. The zero-order valence-corrected chi connectivity index (χ0v) is 10.4. The molecular weight excluding hydrogens is 204 g/mol. The average Bonchev–Trinajstić information content (AvgIpc) is 3.10. The molecule has 2 N–H and O–H groups in total. The number of carbonyl (C=O) groups is 1. The Bertz CT molecular complexity index is 213. The van der Waals surface area contributed by atoms with E-state index in [-0.39, 0.29) is 18.6 Å². The quantitative estimate of drug-likeness (QED) is 0.644. The van der Waals surface area contributed by atoms with E-state index in [1.165, 1.54) is 12.8 Å². The molecule has 4 heteroatoms. The van der Waals surface area contributed by atoms with Gasteiger partial charge in [-0.15, -0.1) is 0 Å². The highest BCUT2D eigenvalue weighted by Gasteiger charge is 2.24. The van der Waals surface area contributed by atoms with Gasteiger partial charge in [-0.2, -0.15) is 0 Å². The summed E-state index contributed by atoms with van der Waals surface area (Å²) in [5.74, 6) is 0.120. The van der Waals surface area contributed by atoms with Gasteiger partial charge in [0.05, 0.1) is 13.2 Å². The summed E-state index contributed by atoms with van der Waals surface area (Å²) in [7, 11) is 0. The van der Waals surface area contributed by atoms with Crippen LogP contribution >= 0.6 is 0 Å². The molecule has 94 valence electrons. The predicted molar refractivity (Wildman–Crippen MR) is 64.2 cm³/mol. The van der Waals surface area contributed by atoms with E-state index < -0.39 is 0 Å². The summed E-state index contributed by atoms with van der Waals surface area (Å²) in [5, 5.41) is 12.2. The van der Waals surface area contributed by atoms with Gasteiger partial charge in [0, 0.05) is 18.6 Å². The summed E-state index contributed by atoms with van der Waals surface area (Å²) < 4.78 is 0. The lowest BCUT2D eigenvalue weighted by Gasteiger charge is -2.30. The molecule has 0 atom stereocenters. The van der Waals surface area contributed by atoms with E-state index in [4.69, 9.17) is 5.11 Å². The molecule has 0 saturated heterocycles. The summed E-state index contributed by atoms with van der Waals surface area (Å²) in [4.78, 5) is 13.8. The minimum atomic E-state index is 0.0473. The van der Waals surface area contributed by atoms with Crippen molar-refractivity contribution in [1.29, 1.82) is 0 Å². The molecule has 1 amide bonds. The van der Waals surface area contributed by atoms with Crippen LogP contribution in [0.5, 0.6) is 0 Å². The summed E-state index contributed by atoms with van der Waals surface area (Å²) >= 11 is 0. The summed E-state index contributed by atoms with van der Waals surface area (Å²) in [6.45, 7) is 5.09. The highest BCUT2D eigenvalue weighted by atomic mass is 16.3. The monoisotopic (exact) mass is 228 g/mol. The third-order valence-electron chi connectivity index (χ3n) is 3.16. The second-order valence-corrected chi connectivity index (χ2v) is 4.44. The fourth-order valence-corrected chi connectivity index (χ4v) is 1.97. The molecule has 0 aliphatic heterocycles. The number of carbonyl (C=O) groups excluding carboxylic acids is 1. The van der Waals surface area contributed by atoms with Gasteiger partial charge in [0.2, 0.25) is 5.91 Å². The Morgan fingerprint density at radius 2 is 2.06 bits per heavy atom. The molecule has 4 nitrogen and oxygen atoms in total. The first-order valence-corrected chi connectivity index (χ1v) is 6.36. The van der Waals surface area contributed by atoms with Crippen LogP contribution in [-0.2, 0) is 4.79 Å². The van der Waals surface area contributed by atoms with E-state index in [0.29, 0.717) is 19.1 Å². The topological polar surface area (TPSA) is 52.6 Å². The zero-order valence-electron chi connectivity index (χ0n) is 10.4. The van der Waals surface area contributed by atoms with Crippen LogP contribution in [0.25, 0.3) is 0 Å². The average molecular weight is 228 g/mol. The van der Waals surface area contributed by atoms with Gasteiger partial charge in [0.25, 0.3) is 0 Å². The Labute approximate surface area is 98.0 Å². The van der Waals surface area contributed by atoms with Gasteiger partial charge in [-0.3, -0.25) is 4.79 Å². The van der Waals surface area contributed by atoms with Crippen molar-refractivity contribution in [3.05, 3.63) is 0 Å². The predicted octanol–water partition coefficient (Wildman–Crippen LogP) is 0.748. The van der Waals surface area contributed by atoms with E-state index >= 15 is 0 Å². The zero-order chi connectivity index (χ0) is 12.0. The molecular formula is C12H24N2O2. The molecule has 0 aromatic heterocycles.